The number of halogens is 9. The van der Waals surface area contributed by atoms with Crippen molar-refractivity contribution < 1.29 is 44.3 Å². The van der Waals surface area contributed by atoms with E-state index in [0.717, 1.165) is 0 Å². The van der Waals surface area contributed by atoms with Crippen LogP contribution < -0.4 is 4.74 Å². The predicted molar refractivity (Wildman–Crippen MR) is 47.9 cm³/mol. The van der Waals surface area contributed by atoms with Crippen molar-refractivity contribution >= 4 is 0 Å². The van der Waals surface area contributed by atoms with Gasteiger partial charge in [-0.05, 0) is 6.92 Å². The second-order valence-corrected chi connectivity index (χ2v) is 3.76. The van der Waals surface area contributed by atoms with Crippen molar-refractivity contribution in [2.24, 2.45) is 0 Å². The number of hydrogen-bond donors (Lipinski definition) is 0. The Bertz CT molecular complexity index is 519. The molecular formula is C9H5F9N2O. The summed E-state index contributed by atoms with van der Waals surface area (Å²) in [5.74, 6) is -13.2. The van der Waals surface area contributed by atoms with Crippen LogP contribution in [-0.2, 0) is 0 Å². The molecule has 0 radical (unpaired) electrons. The van der Waals surface area contributed by atoms with Gasteiger partial charge >= 0.3 is 12.1 Å². The maximum absolute atomic E-state index is 13.2. The van der Waals surface area contributed by atoms with E-state index >= 15 is 0 Å². The second-order valence-electron chi connectivity index (χ2n) is 3.76. The van der Waals surface area contributed by atoms with Crippen molar-refractivity contribution in [2.45, 2.75) is 31.3 Å². The summed E-state index contributed by atoms with van der Waals surface area (Å²) < 4.78 is 117. The van der Waals surface area contributed by atoms with Crippen LogP contribution in [0.2, 0.25) is 0 Å². The number of aromatic nitrogens is 2. The molecule has 1 rings (SSSR count). The number of rotatable bonds is 4. The molecule has 0 fully saturated rings. The van der Waals surface area contributed by atoms with Gasteiger partial charge in [0.25, 0.3) is 18.1 Å². The maximum Gasteiger partial charge on any atom is 0.425 e. The Morgan fingerprint density at radius 1 is 0.952 bits per heavy atom. The highest BCUT2D eigenvalue weighted by Crippen LogP contribution is 2.38. The zero-order chi connectivity index (χ0) is 16.6. The minimum atomic E-state index is -5.93. The van der Waals surface area contributed by atoms with Gasteiger partial charge in [0.15, 0.2) is 6.10 Å². The molecule has 0 aliphatic rings. The molecule has 1 heterocycles. The van der Waals surface area contributed by atoms with E-state index in [0.29, 0.717) is 0 Å². The lowest BCUT2D eigenvalue weighted by atomic mass is 10.1. The van der Waals surface area contributed by atoms with Crippen LogP contribution in [0.25, 0.3) is 0 Å². The van der Waals surface area contributed by atoms with Crippen molar-refractivity contribution in [3.63, 3.8) is 0 Å². The van der Waals surface area contributed by atoms with Crippen LogP contribution in [0.1, 0.15) is 6.92 Å². The zero-order valence-corrected chi connectivity index (χ0v) is 9.86. The Morgan fingerprint density at radius 2 is 1.43 bits per heavy atom. The van der Waals surface area contributed by atoms with Crippen molar-refractivity contribution in [1.29, 1.82) is 0 Å². The lowest BCUT2D eigenvalue weighted by Gasteiger charge is -2.28. The fourth-order valence-corrected chi connectivity index (χ4v) is 1.14. The predicted octanol–water partition coefficient (Wildman–Crippen LogP) is 3.20. The first kappa shape index (κ1) is 17.3. The molecule has 21 heavy (non-hydrogen) atoms. The van der Waals surface area contributed by atoms with E-state index in [4.69, 9.17) is 0 Å². The first-order valence-corrected chi connectivity index (χ1v) is 5.01. The van der Waals surface area contributed by atoms with Crippen molar-refractivity contribution in [3.8, 4) is 5.75 Å². The molecule has 0 aliphatic heterocycles. The maximum atomic E-state index is 13.2. The van der Waals surface area contributed by atoms with Crippen molar-refractivity contribution in [3.05, 3.63) is 17.7 Å². The topological polar surface area (TPSA) is 35.0 Å². The minimum Gasteiger partial charge on any atom is -0.477 e. The van der Waals surface area contributed by atoms with Crippen LogP contribution in [0.5, 0.6) is 5.75 Å². The van der Waals surface area contributed by atoms with Gasteiger partial charge in [-0.15, -0.1) is 10.2 Å². The molecule has 0 saturated carbocycles. The SMILES string of the molecule is CC(Oc1c(F)nnc(F)c1F)C(F)(F)C(F)C(F)(F)F. The Morgan fingerprint density at radius 3 is 1.90 bits per heavy atom. The summed E-state index contributed by atoms with van der Waals surface area (Å²) in [5, 5.41) is 4.65. The van der Waals surface area contributed by atoms with E-state index in [1.54, 1.807) is 0 Å². The normalized spacial score (nSPS) is 15.7. The number of alkyl halides is 6. The Kier molecular flexibility index (Phi) is 4.58. The van der Waals surface area contributed by atoms with Crippen LogP contribution in [0.4, 0.5) is 39.5 Å². The molecule has 120 valence electrons. The molecule has 0 spiro atoms. The first-order valence-electron chi connectivity index (χ1n) is 5.01. The molecule has 2 unspecified atom stereocenters. The Labute approximate surface area is 110 Å². The molecule has 1 aromatic heterocycles. The van der Waals surface area contributed by atoms with E-state index in [9.17, 15) is 39.5 Å². The summed E-state index contributed by atoms with van der Waals surface area (Å²) >= 11 is 0. The first-order chi connectivity index (χ1) is 9.39. The molecular weight excluding hydrogens is 323 g/mol. The van der Waals surface area contributed by atoms with E-state index in [1.165, 1.54) is 0 Å². The average Bonchev–Trinajstić information content (AvgIpc) is 2.36. The monoisotopic (exact) mass is 328 g/mol. The molecule has 12 heteroatoms. The molecule has 1 aromatic rings. The summed E-state index contributed by atoms with van der Waals surface area (Å²) in [5.41, 5.74) is 0. The average molecular weight is 328 g/mol. The van der Waals surface area contributed by atoms with Gasteiger partial charge < -0.3 is 4.74 Å². The third-order valence-electron chi connectivity index (χ3n) is 2.26. The molecule has 0 aromatic carbocycles. The highest BCUT2D eigenvalue weighted by Gasteiger charge is 2.60. The van der Waals surface area contributed by atoms with Gasteiger partial charge in [0, 0.05) is 0 Å². The highest BCUT2D eigenvalue weighted by molar-refractivity contribution is 5.20. The Balaban J connectivity index is 3.06. The van der Waals surface area contributed by atoms with E-state index in [-0.39, 0.29) is 6.92 Å². The van der Waals surface area contributed by atoms with Crippen molar-refractivity contribution in [2.75, 3.05) is 0 Å². The molecule has 2 atom stereocenters. The smallest absolute Gasteiger partial charge is 0.425 e. The molecule has 0 N–H and O–H groups in total. The van der Waals surface area contributed by atoms with E-state index < -0.39 is 47.8 Å². The summed E-state index contributed by atoms with van der Waals surface area (Å²) in [7, 11) is 0. The molecule has 0 amide bonds. The number of ether oxygens (including phenoxy) is 1. The largest absolute Gasteiger partial charge is 0.477 e. The lowest BCUT2D eigenvalue weighted by molar-refractivity contribution is -0.262. The summed E-state index contributed by atoms with van der Waals surface area (Å²) in [6, 6.07) is 0. The fraction of sp³-hybridized carbons (Fsp3) is 0.556. The second kappa shape index (κ2) is 5.56. The molecule has 0 saturated heterocycles. The summed E-state index contributed by atoms with van der Waals surface area (Å²) in [6.07, 6.45) is -13.5. The van der Waals surface area contributed by atoms with Crippen molar-refractivity contribution in [1.82, 2.24) is 10.2 Å². The van der Waals surface area contributed by atoms with Gasteiger partial charge in [0.2, 0.25) is 11.6 Å². The quantitative estimate of drug-likeness (QED) is 0.796. The van der Waals surface area contributed by atoms with Gasteiger partial charge in [-0.25, -0.2) is 4.39 Å². The highest BCUT2D eigenvalue weighted by atomic mass is 19.4. The number of nitrogens with zero attached hydrogens (tertiary/aromatic N) is 2. The van der Waals surface area contributed by atoms with Gasteiger partial charge in [0.1, 0.15) is 0 Å². The lowest BCUT2D eigenvalue weighted by Crippen LogP contribution is -2.50. The summed E-state index contributed by atoms with van der Waals surface area (Å²) in [6.45, 7) is 0.218. The minimum absolute atomic E-state index is 0.218. The van der Waals surface area contributed by atoms with Crippen LogP contribution >= 0.6 is 0 Å². The van der Waals surface area contributed by atoms with Gasteiger partial charge in [-0.1, -0.05) is 0 Å². The van der Waals surface area contributed by atoms with Crippen LogP contribution in [0, 0.1) is 17.7 Å². The zero-order valence-electron chi connectivity index (χ0n) is 9.86. The Hall–Kier alpha value is -1.75. The molecule has 0 bridgehead atoms. The van der Waals surface area contributed by atoms with Gasteiger partial charge in [-0.2, -0.15) is 35.1 Å². The van der Waals surface area contributed by atoms with Gasteiger partial charge in [-0.3, -0.25) is 0 Å². The van der Waals surface area contributed by atoms with Crippen LogP contribution in [-0.4, -0.2) is 34.6 Å². The molecule has 0 aliphatic carbocycles. The standard InChI is InChI=1S/C9H5F9N2O/c1-2(8(14,15)7(13)9(16,17)18)21-4-3(10)5(11)19-20-6(4)12/h2,7H,1H3. The van der Waals surface area contributed by atoms with Gasteiger partial charge in [0.05, 0.1) is 0 Å². The number of hydrogen-bond acceptors (Lipinski definition) is 3. The van der Waals surface area contributed by atoms with E-state index in [2.05, 4.69) is 14.9 Å². The van der Waals surface area contributed by atoms with Crippen LogP contribution in [0.3, 0.4) is 0 Å². The third kappa shape index (κ3) is 3.47. The summed E-state index contributed by atoms with van der Waals surface area (Å²) in [4.78, 5) is 0. The van der Waals surface area contributed by atoms with Crippen LogP contribution in [0.15, 0.2) is 0 Å². The fourth-order valence-electron chi connectivity index (χ4n) is 1.14. The van der Waals surface area contributed by atoms with E-state index in [1.807, 2.05) is 0 Å². The molecule has 3 nitrogen and oxygen atoms in total. The third-order valence-corrected chi connectivity index (χ3v) is 2.26.